The number of unbranched alkanes of at least 4 members (excludes halogenated alkanes) is 1. The minimum atomic E-state index is -0.189. The van der Waals surface area contributed by atoms with Gasteiger partial charge in [-0.05, 0) is 49.1 Å². The van der Waals surface area contributed by atoms with E-state index in [0.717, 1.165) is 42.4 Å². The van der Waals surface area contributed by atoms with E-state index in [9.17, 15) is 9.18 Å². The molecule has 5 nitrogen and oxygen atoms in total. The summed E-state index contributed by atoms with van der Waals surface area (Å²) in [6.45, 7) is 3.20. The zero-order chi connectivity index (χ0) is 19.3. The first-order valence-electron chi connectivity index (χ1n) is 9.78. The molecule has 0 atom stereocenters. The van der Waals surface area contributed by atoms with Crippen LogP contribution in [-0.4, -0.2) is 46.7 Å². The summed E-state index contributed by atoms with van der Waals surface area (Å²) in [5.74, 6) is -0.170. The van der Waals surface area contributed by atoms with Gasteiger partial charge in [-0.25, -0.2) is 4.39 Å². The average Bonchev–Trinajstić information content (AvgIpc) is 3.10. The van der Waals surface area contributed by atoms with Crippen LogP contribution in [0.2, 0.25) is 0 Å². The van der Waals surface area contributed by atoms with Crippen LogP contribution in [0.25, 0.3) is 11.0 Å². The minimum Gasteiger partial charge on any atom is -0.378 e. The van der Waals surface area contributed by atoms with E-state index in [1.165, 1.54) is 6.07 Å². The van der Waals surface area contributed by atoms with Gasteiger partial charge in [0.15, 0.2) is 0 Å². The average molecular weight is 381 g/mol. The van der Waals surface area contributed by atoms with Gasteiger partial charge in [0.2, 0.25) is 0 Å². The smallest absolute Gasteiger partial charge is 0.257 e. The predicted octanol–water partition coefficient (Wildman–Crippen LogP) is 3.67. The number of carbonyl (C=O) groups excluding carboxylic acids is 1. The molecule has 1 amide bonds. The highest BCUT2D eigenvalue weighted by molar-refractivity contribution is 6.05. The molecule has 1 aliphatic heterocycles. The molecule has 0 unspecified atom stereocenters. The van der Waals surface area contributed by atoms with Crippen molar-refractivity contribution in [1.82, 2.24) is 14.5 Å². The maximum atomic E-state index is 13.3. The molecule has 146 valence electrons. The quantitative estimate of drug-likeness (QED) is 0.612. The van der Waals surface area contributed by atoms with E-state index < -0.39 is 0 Å². The second-order valence-electron chi connectivity index (χ2n) is 7.10. The Morgan fingerprint density at radius 2 is 2.00 bits per heavy atom. The van der Waals surface area contributed by atoms with Crippen molar-refractivity contribution in [1.29, 1.82) is 0 Å². The molecule has 1 fully saturated rings. The molecular weight excluding hydrogens is 357 g/mol. The number of pyridine rings is 1. The number of hydrogen-bond donors (Lipinski definition) is 0. The van der Waals surface area contributed by atoms with Crippen LogP contribution in [0, 0.1) is 5.82 Å². The van der Waals surface area contributed by atoms with E-state index in [1.807, 2.05) is 29.3 Å². The van der Waals surface area contributed by atoms with Gasteiger partial charge in [-0.1, -0.05) is 12.1 Å². The van der Waals surface area contributed by atoms with Crippen molar-refractivity contribution in [3.05, 3.63) is 65.7 Å². The molecule has 0 bridgehead atoms. The van der Waals surface area contributed by atoms with Crippen molar-refractivity contribution in [2.45, 2.75) is 25.8 Å². The zero-order valence-corrected chi connectivity index (χ0v) is 15.8. The Bertz CT molecular complexity index is 963. The molecule has 3 heterocycles. The number of aromatic nitrogens is 2. The number of ether oxygens (including phenoxy) is 1. The van der Waals surface area contributed by atoms with Gasteiger partial charge in [-0.2, -0.15) is 0 Å². The number of benzene rings is 1. The highest BCUT2D eigenvalue weighted by Gasteiger charge is 2.23. The lowest BCUT2D eigenvalue weighted by atomic mass is 10.1. The zero-order valence-electron chi connectivity index (χ0n) is 15.8. The molecule has 0 radical (unpaired) electrons. The van der Waals surface area contributed by atoms with Crippen molar-refractivity contribution < 1.29 is 13.9 Å². The van der Waals surface area contributed by atoms with Crippen LogP contribution >= 0.6 is 0 Å². The molecule has 28 heavy (non-hydrogen) atoms. The largest absolute Gasteiger partial charge is 0.378 e. The molecule has 1 aromatic carbocycles. The van der Waals surface area contributed by atoms with Crippen LogP contribution < -0.4 is 0 Å². The second kappa shape index (κ2) is 8.52. The lowest BCUT2D eigenvalue weighted by Gasteiger charge is -2.26. The summed E-state index contributed by atoms with van der Waals surface area (Å²) in [7, 11) is 0. The first kappa shape index (κ1) is 18.6. The van der Waals surface area contributed by atoms with Crippen LogP contribution in [-0.2, 0) is 17.7 Å². The summed E-state index contributed by atoms with van der Waals surface area (Å²) in [5.41, 5.74) is 3.40. The lowest BCUT2D eigenvalue weighted by molar-refractivity contribution is 0.0304. The fourth-order valence-electron chi connectivity index (χ4n) is 3.70. The number of hydrogen-bond acceptors (Lipinski definition) is 3. The summed E-state index contributed by atoms with van der Waals surface area (Å²) in [4.78, 5) is 19.3. The summed E-state index contributed by atoms with van der Waals surface area (Å²) in [6, 6.07) is 10.7. The Labute approximate surface area is 163 Å². The van der Waals surface area contributed by atoms with E-state index in [4.69, 9.17) is 4.74 Å². The number of aryl methyl sites for hydroxylation is 2. The Hall–Kier alpha value is -2.73. The number of carbonyl (C=O) groups is 1. The highest BCUT2D eigenvalue weighted by atomic mass is 19.1. The second-order valence-corrected chi connectivity index (χ2v) is 7.10. The fraction of sp³-hybridized carbons (Fsp3) is 0.364. The van der Waals surface area contributed by atoms with Gasteiger partial charge < -0.3 is 14.2 Å². The number of nitrogens with zero attached hydrogens (tertiary/aromatic N) is 3. The molecule has 2 aromatic heterocycles. The van der Waals surface area contributed by atoms with Gasteiger partial charge in [0.25, 0.3) is 5.91 Å². The van der Waals surface area contributed by atoms with Gasteiger partial charge in [-0.3, -0.25) is 9.78 Å². The molecule has 0 aliphatic carbocycles. The highest BCUT2D eigenvalue weighted by Crippen LogP contribution is 2.22. The van der Waals surface area contributed by atoms with Crippen molar-refractivity contribution in [2.24, 2.45) is 0 Å². The molecule has 0 N–H and O–H groups in total. The topological polar surface area (TPSA) is 47.4 Å². The third-order valence-electron chi connectivity index (χ3n) is 5.17. The van der Waals surface area contributed by atoms with Gasteiger partial charge in [0.1, 0.15) is 11.3 Å². The number of morpholine rings is 1. The molecular formula is C22H24FN3O2. The number of rotatable bonds is 6. The fourth-order valence-corrected chi connectivity index (χ4v) is 3.70. The normalized spacial score (nSPS) is 14.5. The summed E-state index contributed by atoms with van der Waals surface area (Å²) < 4.78 is 20.8. The monoisotopic (exact) mass is 381 g/mol. The Morgan fingerprint density at radius 3 is 2.82 bits per heavy atom. The van der Waals surface area contributed by atoms with Gasteiger partial charge in [-0.15, -0.1) is 0 Å². The van der Waals surface area contributed by atoms with E-state index >= 15 is 0 Å². The maximum Gasteiger partial charge on any atom is 0.257 e. The van der Waals surface area contributed by atoms with E-state index in [-0.39, 0.29) is 11.7 Å². The third-order valence-corrected chi connectivity index (χ3v) is 5.17. The first-order valence-corrected chi connectivity index (χ1v) is 9.78. The molecule has 0 spiro atoms. The Balaban J connectivity index is 1.46. The molecule has 1 saturated heterocycles. The first-order chi connectivity index (χ1) is 13.7. The summed E-state index contributed by atoms with van der Waals surface area (Å²) in [6.07, 6.45) is 6.40. The van der Waals surface area contributed by atoms with Crippen LogP contribution in [0.3, 0.4) is 0 Å². The standard InChI is InChI=1S/C22H24FN3O2/c23-18-7-3-6-17(15-18)5-1-2-10-26-16-19(21-20(26)8-4-9-24-21)22(27)25-11-13-28-14-12-25/h3-4,6-9,15-16H,1-2,5,10-14H2. The van der Waals surface area contributed by atoms with Crippen molar-refractivity contribution in [3.63, 3.8) is 0 Å². The molecule has 1 aliphatic rings. The maximum absolute atomic E-state index is 13.3. The van der Waals surface area contributed by atoms with Crippen molar-refractivity contribution in [3.8, 4) is 0 Å². The van der Waals surface area contributed by atoms with Crippen molar-refractivity contribution >= 4 is 16.9 Å². The van der Waals surface area contributed by atoms with Crippen LogP contribution in [0.4, 0.5) is 4.39 Å². The Kier molecular flexibility index (Phi) is 5.67. The number of fused-ring (bicyclic) bond motifs is 1. The third kappa shape index (κ3) is 4.07. The summed E-state index contributed by atoms with van der Waals surface area (Å²) >= 11 is 0. The van der Waals surface area contributed by atoms with Crippen molar-refractivity contribution in [2.75, 3.05) is 26.3 Å². The van der Waals surface area contributed by atoms with E-state index in [2.05, 4.69) is 9.55 Å². The van der Waals surface area contributed by atoms with Crippen LogP contribution in [0.1, 0.15) is 28.8 Å². The van der Waals surface area contributed by atoms with Crippen LogP contribution in [0.5, 0.6) is 0 Å². The predicted molar refractivity (Wildman–Crippen MR) is 106 cm³/mol. The molecule has 0 saturated carbocycles. The van der Waals surface area contributed by atoms with Crippen LogP contribution in [0.15, 0.2) is 48.8 Å². The Morgan fingerprint density at radius 1 is 1.14 bits per heavy atom. The lowest BCUT2D eigenvalue weighted by Crippen LogP contribution is -2.40. The number of halogens is 1. The molecule has 3 aromatic rings. The summed E-state index contributed by atoms with van der Waals surface area (Å²) in [5, 5.41) is 0. The molecule has 4 rings (SSSR count). The number of amides is 1. The van der Waals surface area contributed by atoms with Gasteiger partial charge in [0, 0.05) is 32.0 Å². The van der Waals surface area contributed by atoms with Gasteiger partial charge in [0.05, 0.1) is 24.3 Å². The van der Waals surface area contributed by atoms with E-state index in [0.29, 0.717) is 31.9 Å². The van der Waals surface area contributed by atoms with Gasteiger partial charge >= 0.3 is 0 Å². The molecule has 6 heteroatoms. The minimum absolute atomic E-state index is 0.0190. The SMILES string of the molecule is O=C(c1cn(CCCCc2cccc(F)c2)c2cccnc12)N1CCOCC1. The van der Waals surface area contributed by atoms with E-state index in [1.54, 1.807) is 18.3 Å².